The van der Waals surface area contributed by atoms with E-state index >= 15 is 0 Å². The Labute approximate surface area is 267 Å². The Morgan fingerprint density at radius 3 is 2.09 bits per heavy atom. The molecule has 0 saturated heterocycles. The molecule has 0 unspecified atom stereocenters. The summed E-state index contributed by atoms with van der Waals surface area (Å²) in [6.45, 7) is 2.89. The molecule has 0 fully saturated rings. The highest BCUT2D eigenvalue weighted by Crippen LogP contribution is 2.28. The zero-order valence-electron chi connectivity index (χ0n) is 24.2. The van der Waals surface area contributed by atoms with Gasteiger partial charge in [0.15, 0.2) is 0 Å². The van der Waals surface area contributed by atoms with Crippen LogP contribution in [0.1, 0.15) is 25.0 Å². The molecule has 4 aromatic rings. The molecule has 11 heteroatoms. The van der Waals surface area contributed by atoms with E-state index in [9.17, 15) is 22.4 Å². The van der Waals surface area contributed by atoms with E-state index in [4.69, 9.17) is 23.2 Å². The lowest BCUT2D eigenvalue weighted by Crippen LogP contribution is -2.54. The number of halogens is 3. The SMILES string of the molecule is CC(C)NC(=O)[C@H](Cc1ccccc1)N(Cc1ccc(F)cc1)C(=O)CN(c1cccc(Cl)c1)S(=O)(=O)c1ccc(Cl)cc1. The van der Waals surface area contributed by atoms with Crippen molar-refractivity contribution in [3.63, 3.8) is 0 Å². The van der Waals surface area contributed by atoms with Gasteiger partial charge in [-0.2, -0.15) is 0 Å². The second kappa shape index (κ2) is 14.7. The molecule has 0 aliphatic carbocycles. The molecule has 4 rings (SSSR count). The van der Waals surface area contributed by atoms with Gasteiger partial charge < -0.3 is 10.2 Å². The Bertz CT molecular complexity index is 1690. The molecule has 0 aliphatic rings. The van der Waals surface area contributed by atoms with Crippen molar-refractivity contribution in [1.82, 2.24) is 10.2 Å². The summed E-state index contributed by atoms with van der Waals surface area (Å²) in [4.78, 5) is 29.3. The number of amides is 2. The summed E-state index contributed by atoms with van der Waals surface area (Å²) >= 11 is 12.2. The summed E-state index contributed by atoms with van der Waals surface area (Å²) in [5, 5.41) is 3.51. The molecule has 0 heterocycles. The first-order valence-electron chi connectivity index (χ1n) is 13.9. The summed E-state index contributed by atoms with van der Waals surface area (Å²) < 4.78 is 42.7. The maximum absolute atomic E-state index is 14.3. The number of sulfonamides is 1. The van der Waals surface area contributed by atoms with E-state index in [1.165, 1.54) is 65.6 Å². The molecular formula is C33H32Cl2FN3O4S. The van der Waals surface area contributed by atoms with Gasteiger partial charge in [-0.25, -0.2) is 12.8 Å². The molecule has 230 valence electrons. The van der Waals surface area contributed by atoms with Crippen molar-refractivity contribution in [2.75, 3.05) is 10.8 Å². The number of rotatable bonds is 12. The summed E-state index contributed by atoms with van der Waals surface area (Å²) in [5.74, 6) is -1.51. The van der Waals surface area contributed by atoms with Crippen LogP contribution in [0.15, 0.2) is 108 Å². The molecule has 44 heavy (non-hydrogen) atoms. The van der Waals surface area contributed by atoms with Gasteiger partial charge in [0.2, 0.25) is 11.8 Å². The van der Waals surface area contributed by atoms with E-state index in [1.807, 2.05) is 44.2 Å². The second-order valence-electron chi connectivity index (χ2n) is 10.5. The number of anilines is 1. The Kier molecular flexibility index (Phi) is 11.0. The van der Waals surface area contributed by atoms with Gasteiger partial charge in [0.05, 0.1) is 10.6 Å². The first-order chi connectivity index (χ1) is 20.9. The highest BCUT2D eigenvalue weighted by molar-refractivity contribution is 7.92. The lowest BCUT2D eigenvalue weighted by Gasteiger charge is -2.34. The number of hydrogen-bond donors (Lipinski definition) is 1. The Morgan fingerprint density at radius 1 is 0.818 bits per heavy atom. The van der Waals surface area contributed by atoms with Crippen molar-refractivity contribution in [1.29, 1.82) is 0 Å². The van der Waals surface area contributed by atoms with Gasteiger partial charge in [0, 0.05) is 29.1 Å². The van der Waals surface area contributed by atoms with Crippen LogP contribution in [-0.4, -0.2) is 43.8 Å². The molecule has 0 radical (unpaired) electrons. The van der Waals surface area contributed by atoms with Crippen molar-refractivity contribution in [2.24, 2.45) is 0 Å². The third-order valence-electron chi connectivity index (χ3n) is 6.74. The van der Waals surface area contributed by atoms with E-state index < -0.39 is 40.2 Å². The number of carbonyl (C=O) groups is 2. The molecule has 0 saturated carbocycles. The fourth-order valence-corrected chi connectivity index (χ4v) is 6.33. The van der Waals surface area contributed by atoms with E-state index in [0.29, 0.717) is 10.6 Å². The molecule has 7 nitrogen and oxygen atoms in total. The molecule has 2 amide bonds. The minimum atomic E-state index is -4.30. The molecule has 0 bridgehead atoms. The predicted octanol–water partition coefficient (Wildman–Crippen LogP) is 6.49. The van der Waals surface area contributed by atoms with Crippen LogP contribution >= 0.6 is 23.2 Å². The third-order valence-corrected chi connectivity index (χ3v) is 9.02. The number of carbonyl (C=O) groups excluding carboxylic acids is 2. The molecule has 4 aromatic carbocycles. The summed E-state index contributed by atoms with van der Waals surface area (Å²) in [7, 11) is -4.30. The molecule has 1 N–H and O–H groups in total. The van der Waals surface area contributed by atoms with E-state index in [1.54, 1.807) is 12.1 Å². The lowest BCUT2D eigenvalue weighted by atomic mass is 10.0. The number of nitrogens with zero attached hydrogens (tertiary/aromatic N) is 2. The van der Waals surface area contributed by atoms with Crippen LogP contribution in [0.2, 0.25) is 10.0 Å². The van der Waals surface area contributed by atoms with Gasteiger partial charge in [0.25, 0.3) is 10.0 Å². The first-order valence-corrected chi connectivity index (χ1v) is 16.1. The van der Waals surface area contributed by atoms with Gasteiger partial charge >= 0.3 is 0 Å². The molecule has 0 aromatic heterocycles. The van der Waals surface area contributed by atoms with Crippen molar-refractivity contribution in [3.05, 3.63) is 130 Å². The standard InChI is InChI=1S/C33H32Cl2FN3O4S/c1-23(2)37-33(41)31(19-24-7-4-3-5-8-24)38(21-25-11-15-28(36)16-12-25)32(40)22-39(29-10-6-9-27(35)20-29)44(42,43)30-17-13-26(34)14-18-30/h3-18,20,23,31H,19,21-22H2,1-2H3,(H,37,41)/t31-/m0/s1. The Morgan fingerprint density at radius 2 is 1.48 bits per heavy atom. The number of hydrogen-bond acceptors (Lipinski definition) is 4. The van der Waals surface area contributed by atoms with Gasteiger partial charge in [-0.1, -0.05) is 71.7 Å². The maximum Gasteiger partial charge on any atom is 0.264 e. The van der Waals surface area contributed by atoms with Crippen LogP contribution in [0.4, 0.5) is 10.1 Å². The lowest BCUT2D eigenvalue weighted by molar-refractivity contribution is -0.140. The second-order valence-corrected chi connectivity index (χ2v) is 13.2. The van der Waals surface area contributed by atoms with Crippen LogP contribution in [-0.2, 0) is 32.6 Å². The minimum Gasteiger partial charge on any atom is -0.352 e. The summed E-state index contributed by atoms with van der Waals surface area (Å²) in [6, 6.07) is 25.3. The Balaban J connectivity index is 1.80. The van der Waals surface area contributed by atoms with E-state index in [0.717, 1.165) is 9.87 Å². The van der Waals surface area contributed by atoms with Crippen LogP contribution in [0.3, 0.4) is 0 Å². The van der Waals surface area contributed by atoms with Crippen molar-refractivity contribution >= 4 is 50.7 Å². The highest BCUT2D eigenvalue weighted by atomic mass is 35.5. The average Bonchev–Trinajstić information content (AvgIpc) is 2.98. The van der Waals surface area contributed by atoms with Crippen molar-refractivity contribution in [2.45, 2.75) is 43.8 Å². The molecular weight excluding hydrogens is 624 g/mol. The fourth-order valence-electron chi connectivity index (χ4n) is 4.61. The van der Waals surface area contributed by atoms with Gasteiger partial charge in [-0.15, -0.1) is 0 Å². The Hall–Kier alpha value is -3.92. The monoisotopic (exact) mass is 655 g/mol. The smallest absolute Gasteiger partial charge is 0.264 e. The van der Waals surface area contributed by atoms with Crippen molar-refractivity contribution < 1.29 is 22.4 Å². The maximum atomic E-state index is 14.3. The largest absolute Gasteiger partial charge is 0.352 e. The minimum absolute atomic E-state index is 0.0769. The fraction of sp³-hybridized carbons (Fsp3) is 0.212. The average molecular weight is 657 g/mol. The topological polar surface area (TPSA) is 86.8 Å². The molecule has 0 spiro atoms. The van der Waals surface area contributed by atoms with Gasteiger partial charge in [-0.3, -0.25) is 13.9 Å². The summed E-state index contributed by atoms with van der Waals surface area (Å²) in [5.41, 5.74) is 1.52. The van der Waals surface area contributed by atoms with Gasteiger partial charge in [-0.05, 0) is 79.6 Å². The molecule has 0 aliphatic heterocycles. The normalized spacial score (nSPS) is 12.0. The number of benzene rings is 4. The summed E-state index contributed by atoms with van der Waals surface area (Å²) in [6.07, 6.45) is 0.160. The van der Waals surface area contributed by atoms with E-state index in [2.05, 4.69) is 5.32 Å². The third kappa shape index (κ3) is 8.59. The van der Waals surface area contributed by atoms with Crippen LogP contribution < -0.4 is 9.62 Å². The van der Waals surface area contributed by atoms with Crippen LogP contribution in [0.5, 0.6) is 0 Å². The highest BCUT2D eigenvalue weighted by Gasteiger charge is 2.35. The number of nitrogens with one attached hydrogen (secondary N) is 1. The first kappa shape index (κ1) is 33.0. The quantitative estimate of drug-likeness (QED) is 0.189. The van der Waals surface area contributed by atoms with Crippen LogP contribution in [0, 0.1) is 5.82 Å². The predicted molar refractivity (Wildman–Crippen MR) is 172 cm³/mol. The van der Waals surface area contributed by atoms with Crippen LogP contribution in [0.25, 0.3) is 0 Å². The van der Waals surface area contributed by atoms with E-state index in [-0.39, 0.29) is 34.6 Å². The van der Waals surface area contributed by atoms with Crippen molar-refractivity contribution in [3.8, 4) is 0 Å². The zero-order chi connectivity index (χ0) is 31.9. The molecule has 1 atom stereocenters. The van der Waals surface area contributed by atoms with Gasteiger partial charge in [0.1, 0.15) is 18.4 Å². The zero-order valence-corrected chi connectivity index (χ0v) is 26.5.